The highest BCUT2D eigenvalue weighted by molar-refractivity contribution is 5.72. The number of hydrogen-bond acceptors (Lipinski definition) is 4. The zero-order valence-corrected chi connectivity index (χ0v) is 17.4. The van der Waals surface area contributed by atoms with Gasteiger partial charge in [-0.15, -0.1) is 0 Å². The third-order valence-electron chi connectivity index (χ3n) is 4.92. The van der Waals surface area contributed by atoms with Crippen LogP contribution in [0, 0.1) is 0 Å². The van der Waals surface area contributed by atoms with Crippen LogP contribution in [-0.2, 0) is 4.79 Å². The van der Waals surface area contributed by atoms with Crippen LogP contribution in [0.5, 0.6) is 5.75 Å². The largest absolute Gasteiger partial charge is 0.412 e. The van der Waals surface area contributed by atoms with Crippen LogP contribution >= 0.6 is 0 Å². The maximum absolute atomic E-state index is 11.9. The number of aliphatic imine (C=N–C) groups is 1. The van der Waals surface area contributed by atoms with Crippen LogP contribution in [0.1, 0.15) is 25.7 Å². The van der Waals surface area contributed by atoms with Gasteiger partial charge in [-0.3, -0.25) is 0 Å². The van der Waals surface area contributed by atoms with Crippen LogP contribution in [0.2, 0.25) is 0 Å². The summed E-state index contributed by atoms with van der Waals surface area (Å²) in [4.78, 5) is 25.4. The van der Waals surface area contributed by atoms with Gasteiger partial charge in [0, 0.05) is 6.54 Å². The molecular formula is C26H26N2O3. The molecule has 0 unspecified atom stereocenters. The van der Waals surface area contributed by atoms with E-state index in [2.05, 4.69) is 46.7 Å². The molecule has 0 aromatic heterocycles. The molecule has 0 aliphatic heterocycles. The van der Waals surface area contributed by atoms with Crippen LogP contribution in [0.3, 0.4) is 0 Å². The minimum Gasteiger partial charge on any atom is -0.410 e. The normalized spacial score (nSPS) is 10.2. The average molecular weight is 415 g/mol. The van der Waals surface area contributed by atoms with Crippen molar-refractivity contribution < 1.29 is 14.3 Å². The smallest absolute Gasteiger partial charge is 0.410 e. The summed E-state index contributed by atoms with van der Waals surface area (Å²) in [7, 11) is 0. The maximum atomic E-state index is 11.9. The van der Waals surface area contributed by atoms with Crippen molar-refractivity contribution in [1.82, 2.24) is 5.32 Å². The minimum atomic E-state index is -0.453. The van der Waals surface area contributed by atoms with Crippen molar-refractivity contribution in [2.75, 3.05) is 13.1 Å². The van der Waals surface area contributed by atoms with Crippen LogP contribution in [0.15, 0.2) is 83.9 Å². The summed E-state index contributed by atoms with van der Waals surface area (Å²) in [6, 6.07) is 26.2. The van der Waals surface area contributed by atoms with Gasteiger partial charge in [-0.1, -0.05) is 79.6 Å². The molecule has 0 saturated carbocycles. The number of ether oxygens (including phenoxy) is 1. The molecule has 0 radical (unpaired) electrons. The van der Waals surface area contributed by atoms with Gasteiger partial charge >= 0.3 is 6.09 Å². The zero-order chi connectivity index (χ0) is 21.7. The lowest BCUT2D eigenvalue weighted by Crippen LogP contribution is -2.27. The SMILES string of the molecule is O=C=NCCCCCCNC(=O)Oc1ccc(-c2ccc(-c3ccccc3)cc2)cc1. The van der Waals surface area contributed by atoms with Gasteiger partial charge in [0.05, 0.1) is 6.54 Å². The first kappa shape index (κ1) is 22.0. The molecule has 31 heavy (non-hydrogen) atoms. The summed E-state index contributed by atoms with van der Waals surface area (Å²) >= 11 is 0. The molecule has 5 nitrogen and oxygen atoms in total. The molecule has 1 N–H and O–H groups in total. The van der Waals surface area contributed by atoms with E-state index < -0.39 is 6.09 Å². The number of carbonyl (C=O) groups excluding carboxylic acids is 2. The molecule has 0 atom stereocenters. The fraction of sp³-hybridized carbons (Fsp3) is 0.231. The molecular weight excluding hydrogens is 388 g/mol. The highest BCUT2D eigenvalue weighted by atomic mass is 16.6. The molecule has 3 aromatic carbocycles. The molecule has 0 saturated heterocycles. The quantitative estimate of drug-likeness (QED) is 0.251. The molecule has 0 spiro atoms. The van der Waals surface area contributed by atoms with E-state index in [1.54, 1.807) is 12.1 Å². The van der Waals surface area contributed by atoms with Gasteiger partial charge in [0.1, 0.15) is 5.75 Å². The highest BCUT2D eigenvalue weighted by Gasteiger charge is 2.05. The number of amides is 1. The Bertz CT molecular complexity index is 993. The van der Waals surface area contributed by atoms with E-state index in [9.17, 15) is 9.59 Å². The predicted octanol–water partition coefficient (Wildman–Crippen LogP) is 6.01. The minimum absolute atomic E-state index is 0.453. The third-order valence-corrected chi connectivity index (χ3v) is 4.92. The molecule has 3 rings (SSSR count). The van der Waals surface area contributed by atoms with Crippen molar-refractivity contribution in [3.63, 3.8) is 0 Å². The zero-order valence-electron chi connectivity index (χ0n) is 17.4. The summed E-state index contributed by atoms with van der Waals surface area (Å²) in [5.41, 5.74) is 4.53. The molecule has 0 aliphatic rings. The number of rotatable bonds is 10. The summed E-state index contributed by atoms with van der Waals surface area (Å²) in [6.07, 6.45) is 4.73. The Labute approximate surface area is 182 Å². The number of nitrogens with zero attached hydrogens (tertiary/aromatic N) is 1. The van der Waals surface area contributed by atoms with Gasteiger partial charge < -0.3 is 10.1 Å². The second-order valence-electron chi connectivity index (χ2n) is 7.17. The molecule has 1 amide bonds. The first-order chi connectivity index (χ1) is 15.3. The molecule has 0 fully saturated rings. The first-order valence-electron chi connectivity index (χ1n) is 10.5. The predicted molar refractivity (Wildman–Crippen MR) is 123 cm³/mol. The molecule has 158 valence electrons. The van der Waals surface area contributed by atoms with Gasteiger partial charge in [0.15, 0.2) is 0 Å². The Morgan fingerprint density at radius 3 is 1.90 bits per heavy atom. The fourth-order valence-corrected chi connectivity index (χ4v) is 3.25. The number of carbonyl (C=O) groups is 1. The van der Waals surface area contributed by atoms with Gasteiger partial charge in [-0.25, -0.2) is 14.6 Å². The van der Waals surface area contributed by atoms with Crippen LogP contribution in [0.4, 0.5) is 4.79 Å². The Morgan fingerprint density at radius 1 is 0.742 bits per heavy atom. The van der Waals surface area contributed by atoms with E-state index in [0.29, 0.717) is 18.8 Å². The molecule has 0 heterocycles. The monoisotopic (exact) mass is 414 g/mol. The number of hydrogen-bond donors (Lipinski definition) is 1. The van der Waals surface area contributed by atoms with E-state index in [1.807, 2.05) is 30.3 Å². The Balaban J connectivity index is 1.43. The van der Waals surface area contributed by atoms with E-state index in [1.165, 1.54) is 17.2 Å². The molecule has 0 bridgehead atoms. The van der Waals surface area contributed by atoms with E-state index >= 15 is 0 Å². The number of benzene rings is 3. The summed E-state index contributed by atoms with van der Waals surface area (Å²) < 4.78 is 5.33. The van der Waals surface area contributed by atoms with Crippen molar-refractivity contribution in [3.8, 4) is 28.0 Å². The van der Waals surface area contributed by atoms with Crippen molar-refractivity contribution in [2.24, 2.45) is 4.99 Å². The first-order valence-corrected chi connectivity index (χ1v) is 10.5. The topological polar surface area (TPSA) is 67.8 Å². The summed E-state index contributed by atoms with van der Waals surface area (Å²) in [5.74, 6) is 0.508. The second-order valence-corrected chi connectivity index (χ2v) is 7.17. The summed E-state index contributed by atoms with van der Waals surface area (Å²) in [6.45, 7) is 1.08. The van der Waals surface area contributed by atoms with Crippen molar-refractivity contribution >= 4 is 12.2 Å². The van der Waals surface area contributed by atoms with Crippen molar-refractivity contribution in [2.45, 2.75) is 25.7 Å². The van der Waals surface area contributed by atoms with Crippen LogP contribution in [-0.4, -0.2) is 25.3 Å². The van der Waals surface area contributed by atoms with Gasteiger partial charge in [-0.2, -0.15) is 0 Å². The van der Waals surface area contributed by atoms with Crippen LogP contribution < -0.4 is 10.1 Å². The molecule has 5 heteroatoms. The number of nitrogens with one attached hydrogen (secondary N) is 1. The standard InChI is InChI=1S/C26H26N2O3/c29-20-27-18-6-1-2-7-19-28-26(30)31-25-16-14-24(15-17-25)23-12-10-22(11-13-23)21-8-4-3-5-9-21/h3-5,8-17H,1-2,6-7,18-19H2,(H,28,30). The van der Waals surface area contributed by atoms with E-state index in [4.69, 9.17) is 4.74 Å². The van der Waals surface area contributed by atoms with E-state index in [-0.39, 0.29) is 0 Å². The van der Waals surface area contributed by atoms with Gasteiger partial charge in [0.25, 0.3) is 0 Å². The van der Waals surface area contributed by atoms with Crippen molar-refractivity contribution in [1.29, 1.82) is 0 Å². The second kappa shape index (κ2) is 12.1. The Hall–Kier alpha value is -3.69. The van der Waals surface area contributed by atoms with Gasteiger partial charge in [0.2, 0.25) is 6.08 Å². The number of unbranched alkanes of at least 4 members (excludes halogenated alkanes) is 3. The molecule has 3 aromatic rings. The highest BCUT2D eigenvalue weighted by Crippen LogP contribution is 2.26. The lowest BCUT2D eigenvalue weighted by atomic mass is 10.0. The fourth-order valence-electron chi connectivity index (χ4n) is 3.25. The van der Waals surface area contributed by atoms with E-state index in [0.717, 1.165) is 36.8 Å². The summed E-state index contributed by atoms with van der Waals surface area (Å²) in [5, 5.41) is 2.75. The lowest BCUT2D eigenvalue weighted by molar-refractivity contribution is 0.200. The maximum Gasteiger partial charge on any atom is 0.412 e. The average Bonchev–Trinajstić information content (AvgIpc) is 2.82. The van der Waals surface area contributed by atoms with Gasteiger partial charge in [-0.05, 0) is 47.2 Å². The molecule has 0 aliphatic carbocycles. The third kappa shape index (κ3) is 7.25. The number of isocyanates is 1. The Kier molecular flexibility index (Phi) is 8.59. The Morgan fingerprint density at radius 2 is 1.29 bits per heavy atom. The van der Waals surface area contributed by atoms with Crippen LogP contribution in [0.25, 0.3) is 22.3 Å². The lowest BCUT2D eigenvalue weighted by Gasteiger charge is -2.08. The van der Waals surface area contributed by atoms with Crippen molar-refractivity contribution in [3.05, 3.63) is 78.9 Å².